The Bertz CT molecular complexity index is 2050. The van der Waals surface area contributed by atoms with Crippen LogP contribution in [-0.2, 0) is 42.9 Å². The first-order valence-corrected chi connectivity index (χ1v) is 31.5. The van der Waals surface area contributed by atoms with E-state index in [4.69, 9.17) is 23.7 Å². The Morgan fingerprint density at radius 2 is 0.771 bits per heavy atom. The topological polar surface area (TPSA) is 175 Å². The number of hydrogen-bond donors (Lipinski definition) is 3. The fraction of sp³-hybridized carbons (Fsp3) is 0.577. The Balaban J connectivity index is 2.76. The molecule has 6 unspecified atom stereocenters. The van der Waals surface area contributed by atoms with Gasteiger partial charge in [0.15, 0.2) is 24.6 Å². The fourth-order valence-corrected chi connectivity index (χ4v) is 8.33. The van der Waals surface area contributed by atoms with E-state index < -0.39 is 67.3 Å². The quantitative estimate of drug-likeness (QED) is 0.0228. The molecule has 0 saturated carbocycles. The standard InChI is InChI=1S/C71H108O12/c1-4-7-10-13-16-19-22-25-28-31-32-35-38-41-44-47-50-53-56-59-65(74)82-69-67(76)66(75)68(70(77)78)83-71(69)80-61-62(81-64(73)58-55-52-49-46-43-40-37-34-30-27-24-21-18-15-12-9-6-3)60-79-63(72)57-54-51-48-45-42-39-36-33-29-26-23-20-17-14-11-8-5-2/h8-9,11-12,16-21,25-30,32,35-37,39-40,45-46,48-49,62,66-69,71,75-76H,4-7,10,13-15,22-24,31,33-34,38,41-44,47,50-61H2,1-3H3,(H,77,78)/b11-8-,12-9-,19-16-,20-17-,21-18-,28-25-,29-26-,30-27-,35-32-,39-36-,40-37-,48-45-,49-46-. The van der Waals surface area contributed by atoms with Crippen molar-refractivity contribution in [2.45, 2.75) is 250 Å². The number of unbranched alkanes of at least 4 members (excludes halogenated alkanes) is 11. The van der Waals surface area contributed by atoms with E-state index in [0.717, 1.165) is 122 Å². The van der Waals surface area contributed by atoms with Gasteiger partial charge < -0.3 is 39.0 Å². The largest absolute Gasteiger partial charge is 0.479 e. The summed E-state index contributed by atoms with van der Waals surface area (Å²) in [5, 5.41) is 31.6. The van der Waals surface area contributed by atoms with Crippen LogP contribution in [-0.4, -0.2) is 89.2 Å². The minimum atomic E-state index is -1.93. The highest BCUT2D eigenvalue weighted by atomic mass is 16.7. The highest BCUT2D eigenvalue weighted by molar-refractivity contribution is 5.74. The Morgan fingerprint density at radius 3 is 1.19 bits per heavy atom. The van der Waals surface area contributed by atoms with Crippen molar-refractivity contribution in [2.24, 2.45) is 0 Å². The molecule has 0 amide bonds. The van der Waals surface area contributed by atoms with Gasteiger partial charge in [0, 0.05) is 19.3 Å². The summed E-state index contributed by atoms with van der Waals surface area (Å²) in [6.45, 7) is 5.63. The molecule has 464 valence electrons. The summed E-state index contributed by atoms with van der Waals surface area (Å²) in [6, 6.07) is 0. The molecule has 0 radical (unpaired) electrons. The summed E-state index contributed by atoms with van der Waals surface area (Å²) in [5.41, 5.74) is 0. The molecular weight excluding hydrogens is 1040 g/mol. The van der Waals surface area contributed by atoms with E-state index in [1.54, 1.807) is 0 Å². The van der Waals surface area contributed by atoms with Crippen LogP contribution in [0.4, 0.5) is 0 Å². The Labute approximate surface area is 501 Å². The van der Waals surface area contributed by atoms with Gasteiger partial charge in [-0.05, 0) is 135 Å². The number of hydrogen-bond acceptors (Lipinski definition) is 11. The number of aliphatic hydroxyl groups excluding tert-OH is 2. The van der Waals surface area contributed by atoms with Gasteiger partial charge in [0.25, 0.3) is 0 Å². The van der Waals surface area contributed by atoms with E-state index in [9.17, 15) is 34.5 Å². The Hall–Kier alpha value is -5.66. The van der Waals surface area contributed by atoms with Crippen LogP contribution in [0.15, 0.2) is 158 Å². The predicted molar refractivity (Wildman–Crippen MR) is 339 cm³/mol. The number of ether oxygens (including phenoxy) is 5. The van der Waals surface area contributed by atoms with Crippen LogP contribution in [0, 0.1) is 0 Å². The minimum Gasteiger partial charge on any atom is -0.479 e. The molecule has 1 heterocycles. The average molecular weight is 1150 g/mol. The van der Waals surface area contributed by atoms with Crippen molar-refractivity contribution in [1.29, 1.82) is 0 Å². The zero-order valence-electron chi connectivity index (χ0n) is 51.1. The minimum absolute atomic E-state index is 0.0240. The van der Waals surface area contributed by atoms with Gasteiger partial charge in [0.1, 0.15) is 18.8 Å². The zero-order chi connectivity index (χ0) is 60.3. The Morgan fingerprint density at radius 1 is 0.410 bits per heavy atom. The third-order valence-electron chi connectivity index (χ3n) is 13.1. The van der Waals surface area contributed by atoms with Gasteiger partial charge >= 0.3 is 23.9 Å². The van der Waals surface area contributed by atoms with Crippen LogP contribution >= 0.6 is 0 Å². The summed E-state index contributed by atoms with van der Waals surface area (Å²) in [5.74, 6) is -3.32. The van der Waals surface area contributed by atoms with Crippen LogP contribution < -0.4 is 0 Å². The molecule has 1 aliphatic rings. The number of allylic oxidation sites excluding steroid dienone is 26. The maximum Gasteiger partial charge on any atom is 0.335 e. The van der Waals surface area contributed by atoms with E-state index in [1.165, 1.54) is 19.3 Å². The fourth-order valence-electron chi connectivity index (χ4n) is 8.33. The summed E-state index contributed by atoms with van der Waals surface area (Å²) >= 11 is 0. The molecule has 6 atom stereocenters. The Kier molecular flexibility index (Phi) is 51.6. The van der Waals surface area contributed by atoms with Gasteiger partial charge in [-0.1, -0.05) is 217 Å². The zero-order valence-corrected chi connectivity index (χ0v) is 51.1. The van der Waals surface area contributed by atoms with Crippen LogP contribution in [0.1, 0.15) is 213 Å². The van der Waals surface area contributed by atoms with E-state index in [1.807, 2.05) is 24.3 Å². The van der Waals surface area contributed by atoms with Crippen LogP contribution in [0.25, 0.3) is 0 Å². The van der Waals surface area contributed by atoms with Gasteiger partial charge in [0.05, 0.1) is 6.61 Å². The molecule has 0 bridgehead atoms. The summed E-state index contributed by atoms with van der Waals surface area (Å²) in [4.78, 5) is 51.3. The molecule has 12 nitrogen and oxygen atoms in total. The summed E-state index contributed by atoms with van der Waals surface area (Å²) < 4.78 is 28.4. The van der Waals surface area contributed by atoms with Crippen LogP contribution in [0.3, 0.4) is 0 Å². The first kappa shape index (κ1) is 75.4. The molecule has 0 aromatic carbocycles. The highest BCUT2D eigenvalue weighted by Crippen LogP contribution is 2.26. The molecular formula is C71H108O12. The molecule has 0 aliphatic carbocycles. The van der Waals surface area contributed by atoms with Crippen molar-refractivity contribution < 1.29 is 58.2 Å². The van der Waals surface area contributed by atoms with E-state index in [0.29, 0.717) is 32.1 Å². The maximum absolute atomic E-state index is 13.2. The normalized spacial score (nSPS) is 18.7. The number of esters is 3. The molecule has 1 aliphatic heterocycles. The van der Waals surface area contributed by atoms with Crippen molar-refractivity contribution in [1.82, 2.24) is 0 Å². The number of carbonyl (C=O) groups is 4. The second kappa shape index (κ2) is 56.8. The molecule has 1 saturated heterocycles. The van der Waals surface area contributed by atoms with E-state index in [-0.39, 0.29) is 25.9 Å². The van der Waals surface area contributed by atoms with Gasteiger partial charge in [-0.15, -0.1) is 0 Å². The second-order valence-electron chi connectivity index (χ2n) is 20.6. The van der Waals surface area contributed by atoms with Crippen molar-refractivity contribution in [3.8, 4) is 0 Å². The lowest BCUT2D eigenvalue weighted by atomic mass is 9.98. The number of carboxylic acids is 1. The average Bonchev–Trinajstić information content (AvgIpc) is 3.58. The first-order chi connectivity index (χ1) is 40.6. The molecule has 0 aromatic heterocycles. The second-order valence-corrected chi connectivity index (χ2v) is 20.6. The SMILES string of the molecule is CC/C=C\C/C=C\C/C=C\C/C=C\C/C=C\CCCC(=O)OCC(COC1OC(C(=O)O)C(O)C(O)C1OC(=O)CCCCCCCC/C=C\C/C=C\C/C=C\CCCCC)OC(=O)CCC/C=C\C/C=C\C/C=C\C/C=C\C/C=C\CC. The smallest absolute Gasteiger partial charge is 0.335 e. The number of aliphatic hydroxyl groups is 2. The van der Waals surface area contributed by atoms with Gasteiger partial charge in [-0.3, -0.25) is 14.4 Å². The van der Waals surface area contributed by atoms with Crippen LogP contribution in [0.5, 0.6) is 0 Å². The molecule has 3 N–H and O–H groups in total. The third-order valence-corrected chi connectivity index (χ3v) is 13.1. The molecule has 0 aromatic rings. The maximum atomic E-state index is 13.2. The van der Waals surface area contributed by atoms with Gasteiger partial charge in [0.2, 0.25) is 0 Å². The monoisotopic (exact) mass is 1150 g/mol. The highest BCUT2D eigenvalue weighted by Gasteiger charge is 2.50. The van der Waals surface area contributed by atoms with Crippen molar-refractivity contribution in [3.63, 3.8) is 0 Å². The number of carbonyl (C=O) groups excluding carboxylic acids is 3. The van der Waals surface area contributed by atoms with Crippen molar-refractivity contribution in [2.75, 3.05) is 13.2 Å². The lowest BCUT2D eigenvalue weighted by molar-refractivity contribution is -0.301. The van der Waals surface area contributed by atoms with Crippen LogP contribution in [0.2, 0.25) is 0 Å². The number of rotatable bonds is 51. The summed E-state index contributed by atoms with van der Waals surface area (Å²) in [7, 11) is 0. The van der Waals surface area contributed by atoms with Crippen molar-refractivity contribution >= 4 is 23.9 Å². The molecule has 0 spiro atoms. The lowest BCUT2D eigenvalue weighted by Crippen LogP contribution is -2.61. The molecule has 12 heteroatoms. The number of carboxylic acid groups (broad SMARTS) is 1. The van der Waals surface area contributed by atoms with Gasteiger partial charge in [-0.25, -0.2) is 4.79 Å². The molecule has 83 heavy (non-hydrogen) atoms. The predicted octanol–water partition coefficient (Wildman–Crippen LogP) is 16.9. The van der Waals surface area contributed by atoms with Gasteiger partial charge in [-0.2, -0.15) is 0 Å². The lowest BCUT2D eigenvalue weighted by Gasteiger charge is -2.40. The van der Waals surface area contributed by atoms with E-state index >= 15 is 0 Å². The molecule has 1 fully saturated rings. The third kappa shape index (κ3) is 46.4. The summed E-state index contributed by atoms with van der Waals surface area (Å²) in [6.07, 6.45) is 70.7. The van der Waals surface area contributed by atoms with Crippen molar-refractivity contribution in [3.05, 3.63) is 158 Å². The number of aliphatic carboxylic acids is 1. The molecule has 1 rings (SSSR count). The first-order valence-electron chi connectivity index (χ1n) is 31.5. The van der Waals surface area contributed by atoms with E-state index in [2.05, 4.69) is 154 Å².